The second kappa shape index (κ2) is 9.38. The van der Waals surface area contributed by atoms with E-state index < -0.39 is 11.8 Å². The van der Waals surface area contributed by atoms with Crippen LogP contribution in [0.15, 0.2) is 88.3 Å². The topological polar surface area (TPSA) is 67.9 Å². The Hall–Kier alpha value is -3.42. The molecule has 0 bridgehead atoms. The summed E-state index contributed by atoms with van der Waals surface area (Å²) >= 11 is 7.19. The van der Waals surface area contributed by atoms with Crippen molar-refractivity contribution in [1.29, 1.82) is 0 Å². The molecule has 2 amide bonds. The molecule has 32 heavy (non-hydrogen) atoms. The number of hydrogen-bond donors (Lipinski definition) is 1. The number of carbonyl (C=O) groups excluding carboxylic acids is 2. The van der Waals surface area contributed by atoms with Crippen molar-refractivity contribution < 1.29 is 19.1 Å². The van der Waals surface area contributed by atoms with E-state index in [1.807, 2.05) is 12.1 Å². The lowest BCUT2D eigenvalue weighted by atomic mass is 10.2. The zero-order chi connectivity index (χ0) is 22.7. The number of halogens is 1. The van der Waals surface area contributed by atoms with Crippen LogP contribution in [0.3, 0.4) is 0 Å². The third-order valence-electron chi connectivity index (χ3n) is 4.77. The molecule has 1 aliphatic rings. The first kappa shape index (κ1) is 21.8. The molecule has 0 fully saturated rings. The van der Waals surface area contributed by atoms with Crippen molar-refractivity contribution in [3.8, 4) is 11.5 Å². The van der Waals surface area contributed by atoms with E-state index in [0.29, 0.717) is 27.9 Å². The predicted octanol–water partition coefficient (Wildman–Crippen LogP) is 5.35. The van der Waals surface area contributed by atoms with Gasteiger partial charge in [-0.05, 0) is 60.7 Å². The molecule has 1 heterocycles. The summed E-state index contributed by atoms with van der Waals surface area (Å²) in [6.07, 6.45) is 0. The van der Waals surface area contributed by atoms with Gasteiger partial charge in [-0.2, -0.15) is 0 Å². The summed E-state index contributed by atoms with van der Waals surface area (Å²) in [6, 6.07) is 21.0. The van der Waals surface area contributed by atoms with Crippen LogP contribution >= 0.6 is 23.4 Å². The molecule has 0 saturated carbocycles. The van der Waals surface area contributed by atoms with Gasteiger partial charge in [-0.3, -0.25) is 9.59 Å². The molecule has 0 unspecified atom stereocenters. The van der Waals surface area contributed by atoms with E-state index in [9.17, 15) is 9.59 Å². The number of ether oxygens (including phenoxy) is 2. The molecule has 6 nitrogen and oxygen atoms in total. The molecule has 0 saturated heterocycles. The van der Waals surface area contributed by atoms with E-state index in [2.05, 4.69) is 5.32 Å². The molecule has 1 aliphatic heterocycles. The van der Waals surface area contributed by atoms with Gasteiger partial charge in [-0.15, -0.1) is 0 Å². The number of thioether (sulfide) groups is 1. The van der Waals surface area contributed by atoms with Crippen LogP contribution in [0.5, 0.6) is 11.5 Å². The van der Waals surface area contributed by atoms with Crippen LogP contribution in [0.1, 0.15) is 0 Å². The smallest absolute Gasteiger partial charge is 0.283 e. The minimum absolute atomic E-state index is 0.176. The summed E-state index contributed by atoms with van der Waals surface area (Å²) in [6.45, 7) is 0. The van der Waals surface area contributed by atoms with Gasteiger partial charge in [0.25, 0.3) is 11.8 Å². The number of benzene rings is 3. The number of rotatable bonds is 7. The van der Waals surface area contributed by atoms with Crippen molar-refractivity contribution in [1.82, 2.24) is 0 Å². The van der Waals surface area contributed by atoms with E-state index >= 15 is 0 Å². The fourth-order valence-corrected chi connectivity index (χ4v) is 4.24. The van der Waals surface area contributed by atoms with Gasteiger partial charge in [0, 0.05) is 9.92 Å². The minimum Gasteiger partial charge on any atom is -0.497 e. The normalized spacial score (nSPS) is 13.5. The Bertz CT molecular complexity index is 1190. The number of anilines is 2. The molecular weight excluding hydrogens is 448 g/mol. The summed E-state index contributed by atoms with van der Waals surface area (Å²) in [5, 5.41) is 3.70. The van der Waals surface area contributed by atoms with Crippen molar-refractivity contribution in [2.24, 2.45) is 0 Å². The van der Waals surface area contributed by atoms with Crippen molar-refractivity contribution >= 4 is 46.6 Å². The van der Waals surface area contributed by atoms with Crippen LogP contribution in [0.4, 0.5) is 11.4 Å². The molecular formula is C24H19ClN2O4S. The number of nitrogens with one attached hydrogen (secondary N) is 1. The highest BCUT2D eigenvalue weighted by molar-refractivity contribution is 8.04. The molecule has 0 aromatic heterocycles. The van der Waals surface area contributed by atoms with Gasteiger partial charge in [-0.1, -0.05) is 35.5 Å². The second-order valence-corrected chi connectivity index (χ2v) is 8.25. The molecule has 8 heteroatoms. The van der Waals surface area contributed by atoms with Crippen LogP contribution < -0.4 is 19.7 Å². The maximum absolute atomic E-state index is 13.4. The average molecular weight is 467 g/mol. The van der Waals surface area contributed by atoms with Crippen molar-refractivity contribution in [3.63, 3.8) is 0 Å². The Kier molecular flexibility index (Phi) is 6.39. The summed E-state index contributed by atoms with van der Waals surface area (Å²) in [7, 11) is 3.10. The quantitative estimate of drug-likeness (QED) is 0.474. The zero-order valence-corrected chi connectivity index (χ0v) is 18.9. The summed E-state index contributed by atoms with van der Waals surface area (Å²) < 4.78 is 10.6. The highest BCUT2D eigenvalue weighted by atomic mass is 35.5. The molecule has 3 aromatic carbocycles. The van der Waals surface area contributed by atoms with E-state index in [1.54, 1.807) is 74.9 Å². The van der Waals surface area contributed by atoms with Gasteiger partial charge >= 0.3 is 0 Å². The number of methoxy groups -OCH3 is 2. The van der Waals surface area contributed by atoms with Crippen LogP contribution in [0.2, 0.25) is 5.02 Å². The monoisotopic (exact) mass is 466 g/mol. The minimum atomic E-state index is -0.456. The molecule has 1 N–H and O–H groups in total. The fraction of sp³-hybridized carbons (Fsp3) is 0.0833. The third kappa shape index (κ3) is 4.30. The molecule has 0 atom stereocenters. The van der Waals surface area contributed by atoms with Crippen LogP contribution in [-0.2, 0) is 9.59 Å². The highest BCUT2D eigenvalue weighted by Crippen LogP contribution is 2.39. The van der Waals surface area contributed by atoms with E-state index in [0.717, 1.165) is 9.80 Å². The number of carbonyl (C=O) groups is 2. The summed E-state index contributed by atoms with van der Waals surface area (Å²) in [5.41, 5.74) is 1.21. The number of para-hydroxylation sites is 2. The molecule has 4 rings (SSSR count). The lowest BCUT2D eigenvalue weighted by Gasteiger charge is -2.16. The summed E-state index contributed by atoms with van der Waals surface area (Å²) in [5.74, 6) is 0.308. The van der Waals surface area contributed by atoms with Crippen LogP contribution in [0.25, 0.3) is 0 Å². The predicted molar refractivity (Wildman–Crippen MR) is 126 cm³/mol. The average Bonchev–Trinajstić information content (AvgIpc) is 3.05. The molecule has 3 aromatic rings. The van der Waals surface area contributed by atoms with Gasteiger partial charge in [0.15, 0.2) is 0 Å². The van der Waals surface area contributed by atoms with Gasteiger partial charge in [0.1, 0.15) is 22.1 Å². The number of imide groups is 1. The second-order valence-electron chi connectivity index (χ2n) is 6.73. The zero-order valence-electron chi connectivity index (χ0n) is 17.3. The Morgan fingerprint density at radius 3 is 2.19 bits per heavy atom. The van der Waals surface area contributed by atoms with E-state index in [4.69, 9.17) is 21.1 Å². The fourth-order valence-electron chi connectivity index (χ4n) is 3.18. The van der Waals surface area contributed by atoms with E-state index in [1.165, 1.54) is 11.8 Å². The number of hydrogen-bond acceptors (Lipinski definition) is 6. The third-order valence-corrected chi connectivity index (χ3v) is 6.11. The van der Waals surface area contributed by atoms with Crippen LogP contribution in [-0.4, -0.2) is 26.0 Å². The Morgan fingerprint density at radius 1 is 0.844 bits per heavy atom. The maximum atomic E-state index is 13.4. The van der Waals surface area contributed by atoms with Crippen molar-refractivity contribution in [3.05, 3.63) is 88.4 Å². The molecule has 0 aliphatic carbocycles. The maximum Gasteiger partial charge on any atom is 0.283 e. The van der Waals surface area contributed by atoms with Crippen LogP contribution in [0, 0.1) is 0 Å². The van der Waals surface area contributed by atoms with Crippen molar-refractivity contribution in [2.45, 2.75) is 4.90 Å². The molecule has 0 spiro atoms. The SMILES string of the molecule is COc1ccc(N2C(=O)C(Nc3ccccc3OC)=C(Sc3ccc(Cl)cc3)C2=O)cc1. The Balaban J connectivity index is 1.74. The van der Waals surface area contributed by atoms with Gasteiger partial charge in [-0.25, -0.2) is 4.90 Å². The summed E-state index contributed by atoms with van der Waals surface area (Å²) in [4.78, 5) is 29.0. The largest absolute Gasteiger partial charge is 0.497 e. The highest BCUT2D eigenvalue weighted by Gasteiger charge is 2.40. The van der Waals surface area contributed by atoms with E-state index in [-0.39, 0.29) is 10.6 Å². The number of nitrogens with zero attached hydrogens (tertiary/aromatic N) is 1. The molecule has 162 valence electrons. The Labute approximate surface area is 194 Å². The first-order valence-electron chi connectivity index (χ1n) is 9.62. The lowest BCUT2D eigenvalue weighted by molar-refractivity contribution is -0.120. The van der Waals surface area contributed by atoms with Crippen molar-refractivity contribution in [2.75, 3.05) is 24.4 Å². The lowest BCUT2D eigenvalue weighted by Crippen LogP contribution is -2.32. The van der Waals surface area contributed by atoms with Gasteiger partial charge in [0.2, 0.25) is 0 Å². The Morgan fingerprint density at radius 2 is 1.53 bits per heavy atom. The molecule has 0 radical (unpaired) electrons. The van der Waals surface area contributed by atoms with Gasteiger partial charge < -0.3 is 14.8 Å². The standard InChI is InChI=1S/C24H19ClN2O4S/c1-30-17-11-9-16(10-12-17)27-23(28)21(26-19-5-3-4-6-20(19)31-2)22(24(27)29)32-18-13-7-15(25)8-14-18/h3-14,26H,1-2H3. The number of amides is 2. The first-order valence-corrected chi connectivity index (χ1v) is 10.8. The van der Waals surface area contributed by atoms with Gasteiger partial charge in [0.05, 0.1) is 25.6 Å². The first-order chi connectivity index (χ1) is 15.5.